The van der Waals surface area contributed by atoms with Gasteiger partial charge >= 0.3 is 41.5 Å². The Balaban J connectivity index is 0. The number of nitrogens with two attached hydrogens (primary N) is 1. The number of carbonyl (C=O) groups excluding carboxylic acids is 2. The smallest absolute Gasteiger partial charge is 0.480 e. The molecule has 0 aromatic rings. The Morgan fingerprint density at radius 3 is 2.31 bits per heavy atom. The number of carboxylic acids is 2. The van der Waals surface area contributed by atoms with Gasteiger partial charge in [-0.25, -0.2) is 4.21 Å². The molecule has 0 fully saturated rings. The molecular formula is C14H25N3NaO8S3+. The predicted octanol–water partition coefficient (Wildman–Crippen LogP) is -3.75. The third-order valence-electron chi connectivity index (χ3n) is 3.18. The first-order valence-electron chi connectivity index (χ1n) is 8.22. The third kappa shape index (κ3) is 18.2. The molecule has 0 aliphatic carbocycles. The number of carboxylic acid groups (broad SMARTS) is 2. The molecule has 0 radical (unpaired) electrons. The van der Waals surface area contributed by atoms with Crippen LogP contribution in [0.3, 0.4) is 0 Å². The Morgan fingerprint density at radius 2 is 1.76 bits per heavy atom. The van der Waals surface area contributed by atoms with Crippen molar-refractivity contribution in [2.75, 3.05) is 23.8 Å². The summed E-state index contributed by atoms with van der Waals surface area (Å²) in [6.07, 6.45) is 1.00. The van der Waals surface area contributed by atoms with Gasteiger partial charge in [0.25, 0.3) is 0 Å². The molecule has 11 nitrogen and oxygen atoms in total. The van der Waals surface area contributed by atoms with Crippen LogP contribution in [0.5, 0.6) is 0 Å². The van der Waals surface area contributed by atoms with Gasteiger partial charge in [-0.2, -0.15) is 0 Å². The molecule has 7 N–H and O–H groups in total. The van der Waals surface area contributed by atoms with Crippen LogP contribution < -0.4 is 45.9 Å². The van der Waals surface area contributed by atoms with Crippen molar-refractivity contribution in [1.29, 1.82) is 0 Å². The molecule has 3 unspecified atom stereocenters. The third-order valence-corrected chi connectivity index (χ3v) is 6.32. The number of hydrogen-bond acceptors (Lipinski definition) is 8. The van der Waals surface area contributed by atoms with E-state index in [9.17, 15) is 23.4 Å². The van der Waals surface area contributed by atoms with Gasteiger partial charge in [-0.15, -0.1) is 0 Å². The fourth-order valence-electron chi connectivity index (χ4n) is 1.71. The molecule has 2 amide bonds. The zero-order valence-electron chi connectivity index (χ0n) is 16.0. The Bertz CT molecular complexity index is 570. The Morgan fingerprint density at radius 1 is 1.10 bits per heavy atom. The van der Waals surface area contributed by atoms with Crippen LogP contribution >= 0.6 is 21.6 Å². The Kier molecular flexibility index (Phi) is 19.6. The minimum Gasteiger partial charge on any atom is -0.480 e. The molecule has 15 heteroatoms. The van der Waals surface area contributed by atoms with E-state index in [2.05, 4.69) is 10.6 Å². The normalized spacial score (nSPS) is 13.4. The van der Waals surface area contributed by atoms with E-state index >= 15 is 0 Å². The van der Waals surface area contributed by atoms with E-state index in [0.29, 0.717) is 18.6 Å². The Hall–Kier alpha value is -0.350. The maximum absolute atomic E-state index is 12.1. The van der Waals surface area contributed by atoms with Crippen LogP contribution in [-0.4, -0.2) is 78.6 Å². The molecule has 0 aliphatic heterocycles. The summed E-state index contributed by atoms with van der Waals surface area (Å²) in [5.41, 5.74) is 5.33. The van der Waals surface area contributed by atoms with Crippen LogP contribution in [0.25, 0.3) is 0 Å². The van der Waals surface area contributed by atoms with Gasteiger partial charge in [0.2, 0.25) is 11.8 Å². The fraction of sp³-hybridized carbons (Fsp3) is 0.714. The van der Waals surface area contributed by atoms with Crippen LogP contribution in [0, 0.1) is 0 Å². The summed E-state index contributed by atoms with van der Waals surface area (Å²) in [5, 5.41) is 22.0. The Labute approximate surface area is 201 Å². The van der Waals surface area contributed by atoms with Crippen molar-refractivity contribution in [3.63, 3.8) is 0 Å². The first-order valence-corrected chi connectivity index (χ1v) is 12.0. The molecule has 0 rings (SSSR count). The van der Waals surface area contributed by atoms with E-state index in [4.69, 9.17) is 20.5 Å². The summed E-state index contributed by atoms with van der Waals surface area (Å²) >= 11 is -1.82. The summed E-state index contributed by atoms with van der Waals surface area (Å²) < 4.78 is 19.2. The quantitative estimate of drug-likeness (QED) is 0.0547. The minimum absolute atomic E-state index is 0. The van der Waals surface area contributed by atoms with Gasteiger partial charge in [0, 0.05) is 23.7 Å². The second-order valence-corrected chi connectivity index (χ2v) is 9.23. The topological polar surface area (TPSA) is 196 Å². The van der Waals surface area contributed by atoms with Crippen molar-refractivity contribution in [3.05, 3.63) is 0 Å². The second kappa shape index (κ2) is 18.4. The molecule has 3 atom stereocenters. The number of nitrogens with one attached hydrogen (secondary N) is 2. The van der Waals surface area contributed by atoms with E-state index in [1.165, 1.54) is 21.6 Å². The van der Waals surface area contributed by atoms with Crippen molar-refractivity contribution in [3.8, 4) is 0 Å². The van der Waals surface area contributed by atoms with Crippen molar-refractivity contribution in [2.45, 2.75) is 37.8 Å². The number of aliphatic carboxylic acids is 2. The molecule has 162 valence electrons. The molecule has 0 bridgehead atoms. The van der Waals surface area contributed by atoms with Gasteiger partial charge in [-0.05, 0) is 19.3 Å². The predicted molar refractivity (Wildman–Crippen MR) is 107 cm³/mol. The molecule has 0 spiro atoms. The van der Waals surface area contributed by atoms with Crippen LogP contribution in [0.4, 0.5) is 0 Å². The molecule has 0 aromatic heterocycles. The fourth-order valence-corrected chi connectivity index (χ4v) is 4.47. The zero-order valence-corrected chi connectivity index (χ0v) is 20.4. The number of unbranched alkanes of at least 4 members (excludes halogenated alkanes) is 1. The molecule has 0 heterocycles. The monoisotopic (exact) mass is 482 g/mol. The van der Waals surface area contributed by atoms with Crippen LogP contribution in [0.1, 0.15) is 25.7 Å². The average Bonchev–Trinajstić information content (AvgIpc) is 2.61. The van der Waals surface area contributed by atoms with Crippen LogP contribution in [-0.2, 0) is 30.3 Å². The van der Waals surface area contributed by atoms with Crippen molar-refractivity contribution >= 4 is 56.4 Å². The van der Waals surface area contributed by atoms with E-state index in [-0.39, 0.29) is 53.9 Å². The first kappa shape index (κ1) is 30.8. The van der Waals surface area contributed by atoms with Crippen molar-refractivity contribution in [1.82, 2.24) is 10.6 Å². The molecule has 0 saturated heterocycles. The van der Waals surface area contributed by atoms with Crippen LogP contribution in [0.15, 0.2) is 0 Å². The van der Waals surface area contributed by atoms with E-state index < -0.39 is 53.5 Å². The molecule has 0 aliphatic rings. The summed E-state index contributed by atoms with van der Waals surface area (Å²) in [7, 11) is 2.71. The molecular weight excluding hydrogens is 457 g/mol. The maximum Gasteiger partial charge on any atom is 1.00 e. The van der Waals surface area contributed by atoms with Gasteiger partial charge in [0.15, 0.2) is 11.1 Å². The summed E-state index contributed by atoms with van der Waals surface area (Å²) in [6.45, 7) is -0.592. The van der Waals surface area contributed by atoms with Gasteiger partial charge in [-0.3, -0.25) is 19.2 Å². The number of amides is 2. The maximum atomic E-state index is 12.1. The number of rotatable bonds is 16. The number of hydrogen-bond donors (Lipinski definition) is 6. The molecule has 0 saturated carbocycles. The van der Waals surface area contributed by atoms with E-state index in [1.54, 1.807) is 0 Å². The summed E-state index contributed by atoms with van der Waals surface area (Å²) in [4.78, 5) is 45.3. The molecule has 0 aromatic carbocycles. The van der Waals surface area contributed by atoms with Crippen molar-refractivity contribution < 1.29 is 67.7 Å². The van der Waals surface area contributed by atoms with Crippen LogP contribution in [0.2, 0.25) is 0 Å². The van der Waals surface area contributed by atoms with E-state index in [0.717, 1.165) is 0 Å². The summed E-state index contributed by atoms with van der Waals surface area (Å²) in [5.74, 6) is -2.66. The second-order valence-electron chi connectivity index (χ2n) is 5.55. The van der Waals surface area contributed by atoms with Gasteiger partial charge in [-0.1, -0.05) is 21.6 Å². The minimum atomic E-state index is -1.82. The standard InChI is InChI=1S/C14H25N3O8S3.Na/c15-9(14(22)23)3-4-11(18)17-10(13(21)16-7-12(19)20)8-27-26-5-1-2-6-28(24)25;/h9-10H,1-8,15H2,(H,16,21)(H,17,18)(H,19,20)(H,22,23)(H,24,25);/q;+1. The first-order chi connectivity index (χ1) is 13.1. The van der Waals surface area contributed by atoms with Gasteiger partial charge in [0.1, 0.15) is 18.6 Å². The average molecular weight is 483 g/mol. The van der Waals surface area contributed by atoms with E-state index in [1.807, 2.05) is 0 Å². The van der Waals surface area contributed by atoms with Crippen molar-refractivity contribution in [2.24, 2.45) is 5.73 Å². The largest absolute Gasteiger partial charge is 1.00 e. The SMILES string of the molecule is NC(CCC(=O)NC(CSSCCCCS(=O)O)C(=O)NCC(=O)O)C(=O)O.[Na+]. The van der Waals surface area contributed by atoms with Gasteiger partial charge < -0.3 is 31.1 Å². The number of carbonyl (C=O) groups is 4. The summed E-state index contributed by atoms with van der Waals surface area (Å²) in [6, 6.07) is -2.18. The zero-order chi connectivity index (χ0) is 21.5. The molecule has 29 heavy (non-hydrogen) atoms. The van der Waals surface area contributed by atoms with Gasteiger partial charge in [0.05, 0.1) is 0 Å².